The van der Waals surface area contributed by atoms with E-state index in [4.69, 9.17) is 10.8 Å². The predicted molar refractivity (Wildman–Crippen MR) is 63.6 cm³/mol. The second kappa shape index (κ2) is 6.63. The number of carboxylic acid groups (broad SMARTS) is 1. The third-order valence-electron chi connectivity index (χ3n) is 2.81. The SMILES string of the molecule is NC(=O)NCCNC(=O)[C@@H]1CC=CC[C@@H]1C(=O)O. The number of carbonyl (C=O) groups excluding carboxylic acids is 2. The molecule has 0 heterocycles. The fourth-order valence-corrected chi connectivity index (χ4v) is 1.88. The van der Waals surface area contributed by atoms with Crippen molar-refractivity contribution in [1.29, 1.82) is 0 Å². The number of hydrogen-bond donors (Lipinski definition) is 4. The van der Waals surface area contributed by atoms with Gasteiger partial charge in [0, 0.05) is 13.1 Å². The van der Waals surface area contributed by atoms with Gasteiger partial charge in [0.2, 0.25) is 5.91 Å². The fourth-order valence-electron chi connectivity index (χ4n) is 1.88. The molecule has 18 heavy (non-hydrogen) atoms. The zero-order valence-corrected chi connectivity index (χ0v) is 9.89. The zero-order valence-electron chi connectivity index (χ0n) is 9.89. The number of nitrogens with one attached hydrogen (secondary N) is 2. The van der Waals surface area contributed by atoms with Crippen LogP contribution < -0.4 is 16.4 Å². The highest BCUT2D eigenvalue weighted by Crippen LogP contribution is 2.25. The molecule has 1 rings (SSSR count). The Bertz CT molecular complexity index is 367. The van der Waals surface area contributed by atoms with Crippen molar-refractivity contribution in [3.05, 3.63) is 12.2 Å². The van der Waals surface area contributed by atoms with E-state index in [0.717, 1.165) is 0 Å². The van der Waals surface area contributed by atoms with Gasteiger partial charge in [-0.15, -0.1) is 0 Å². The lowest BCUT2D eigenvalue weighted by Gasteiger charge is -2.24. The Morgan fingerprint density at radius 1 is 1.11 bits per heavy atom. The Hall–Kier alpha value is -2.05. The minimum absolute atomic E-state index is 0.224. The van der Waals surface area contributed by atoms with Crippen LogP contribution in [0.3, 0.4) is 0 Å². The molecule has 0 saturated heterocycles. The molecule has 0 unspecified atom stereocenters. The van der Waals surface area contributed by atoms with Gasteiger partial charge in [-0.3, -0.25) is 9.59 Å². The molecule has 7 nitrogen and oxygen atoms in total. The third-order valence-corrected chi connectivity index (χ3v) is 2.81. The molecule has 0 aromatic heterocycles. The molecule has 0 spiro atoms. The van der Waals surface area contributed by atoms with Gasteiger partial charge in [0.1, 0.15) is 0 Å². The van der Waals surface area contributed by atoms with Gasteiger partial charge < -0.3 is 21.5 Å². The normalized spacial score (nSPS) is 22.2. The van der Waals surface area contributed by atoms with E-state index in [-0.39, 0.29) is 19.0 Å². The van der Waals surface area contributed by atoms with Crippen LogP contribution in [0.1, 0.15) is 12.8 Å². The molecule has 7 heteroatoms. The summed E-state index contributed by atoms with van der Waals surface area (Å²) >= 11 is 0. The first-order chi connectivity index (χ1) is 8.52. The number of primary amides is 1. The van der Waals surface area contributed by atoms with Crippen LogP contribution in [0.25, 0.3) is 0 Å². The van der Waals surface area contributed by atoms with Crippen molar-refractivity contribution in [1.82, 2.24) is 10.6 Å². The first kappa shape index (κ1) is 14.0. The monoisotopic (exact) mass is 255 g/mol. The maximum Gasteiger partial charge on any atom is 0.312 e. The molecule has 100 valence electrons. The van der Waals surface area contributed by atoms with Crippen LogP contribution in [0.2, 0.25) is 0 Å². The van der Waals surface area contributed by atoms with Crippen molar-refractivity contribution in [2.24, 2.45) is 17.6 Å². The molecule has 0 saturated carbocycles. The molecule has 0 aromatic rings. The van der Waals surface area contributed by atoms with Gasteiger partial charge in [-0.25, -0.2) is 4.79 Å². The van der Waals surface area contributed by atoms with Crippen molar-refractivity contribution in [2.75, 3.05) is 13.1 Å². The predicted octanol–water partition coefficient (Wildman–Crippen LogP) is -0.562. The van der Waals surface area contributed by atoms with E-state index in [0.29, 0.717) is 12.8 Å². The molecule has 0 radical (unpaired) electrons. The number of carbonyl (C=O) groups is 3. The second-order valence-electron chi connectivity index (χ2n) is 4.08. The summed E-state index contributed by atoms with van der Waals surface area (Å²) in [4.78, 5) is 33.2. The summed E-state index contributed by atoms with van der Waals surface area (Å²) in [5, 5.41) is 13.9. The lowest BCUT2D eigenvalue weighted by molar-refractivity contribution is -0.147. The van der Waals surface area contributed by atoms with Crippen molar-refractivity contribution >= 4 is 17.9 Å². The maximum absolute atomic E-state index is 11.8. The van der Waals surface area contributed by atoms with E-state index in [1.165, 1.54) is 0 Å². The second-order valence-corrected chi connectivity index (χ2v) is 4.08. The summed E-state index contributed by atoms with van der Waals surface area (Å²) in [6.07, 6.45) is 4.38. The first-order valence-corrected chi connectivity index (χ1v) is 5.71. The van der Waals surface area contributed by atoms with E-state index in [2.05, 4.69) is 10.6 Å². The van der Waals surface area contributed by atoms with Crippen LogP contribution in [0.5, 0.6) is 0 Å². The summed E-state index contributed by atoms with van der Waals surface area (Å²) in [6, 6.07) is -0.659. The number of aliphatic carboxylic acids is 1. The Morgan fingerprint density at radius 2 is 1.67 bits per heavy atom. The van der Waals surface area contributed by atoms with Crippen LogP contribution in [0, 0.1) is 11.8 Å². The number of rotatable bonds is 5. The Morgan fingerprint density at radius 3 is 2.22 bits per heavy atom. The summed E-state index contributed by atoms with van der Waals surface area (Å²) in [7, 11) is 0. The van der Waals surface area contributed by atoms with Gasteiger partial charge in [0.15, 0.2) is 0 Å². The van der Waals surface area contributed by atoms with Crippen LogP contribution in [0.4, 0.5) is 4.79 Å². The smallest absolute Gasteiger partial charge is 0.312 e. The largest absolute Gasteiger partial charge is 0.481 e. The van der Waals surface area contributed by atoms with Gasteiger partial charge in [0.05, 0.1) is 11.8 Å². The topological polar surface area (TPSA) is 122 Å². The molecular weight excluding hydrogens is 238 g/mol. The zero-order chi connectivity index (χ0) is 13.5. The summed E-state index contributed by atoms with van der Waals surface area (Å²) in [5.74, 6) is -2.51. The van der Waals surface area contributed by atoms with Crippen molar-refractivity contribution in [3.8, 4) is 0 Å². The standard InChI is InChI=1S/C11H17N3O4/c12-11(18)14-6-5-13-9(15)7-3-1-2-4-8(7)10(16)17/h1-2,7-8H,3-6H2,(H,13,15)(H,16,17)(H3,12,14,18)/t7-,8+/m1/s1. The van der Waals surface area contributed by atoms with E-state index in [1.54, 1.807) is 6.08 Å². The van der Waals surface area contributed by atoms with Gasteiger partial charge in [-0.2, -0.15) is 0 Å². The third kappa shape index (κ3) is 4.08. The average molecular weight is 255 g/mol. The minimum atomic E-state index is -0.963. The molecule has 0 fully saturated rings. The van der Waals surface area contributed by atoms with Crippen molar-refractivity contribution in [2.45, 2.75) is 12.8 Å². The van der Waals surface area contributed by atoms with E-state index in [9.17, 15) is 14.4 Å². The Kier molecular flexibility index (Phi) is 5.16. The molecule has 2 atom stereocenters. The van der Waals surface area contributed by atoms with Crippen molar-refractivity contribution < 1.29 is 19.5 Å². The molecule has 5 N–H and O–H groups in total. The number of nitrogens with two attached hydrogens (primary N) is 1. The van der Waals surface area contributed by atoms with Crippen LogP contribution >= 0.6 is 0 Å². The highest BCUT2D eigenvalue weighted by molar-refractivity contribution is 5.85. The Balaban J connectivity index is 2.42. The van der Waals surface area contributed by atoms with E-state index >= 15 is 0 Å². The number of hydrogen-bond acceptors (Lipinski definition) is 3. The average Bonchev–Trinajstić information content (AvgIpc) is 2.34. The van der Waals surface area contributed by atoms with Gasteiger partial charge in [-0.1, -0.05) is 12.2 Å². The maximum atomic E-state index is 11.8. The van der Waals surface area contributed by atoms with E-state index < -0.39 is 23.8 Å². The molecular formula is C11H17N3O4. The lowest BCUT2D eigenvalue weighted by atomic mass is 9.82. The Labute approximate surface area is 104 Å². The van der Waals surface area contributed by atoms with Gasteiger partial charge >= 0.3 is 12.0 Å². The first-order valence-electron chi connectivity index (χ1n) is 5.71. The van der Waals surface area contributed by atoms with Gasteiger partial charge in [-0.05, 0) is 12.8 Å². The molecule has 1 aliphatic carbocycles. The van der Waals surface area contributed by atoms with Crippen LogP contribution in [-0.2, 0) is 9.59 Å². The number of allylic oxidation sites excluding steroid dienone is 2. The molecule has 1 aliphatic rings. The molecule has 0 aliphatic heterocycles. The highest BCUT2D eigenvalue weighted by Gasteiger charge is 2.33. The van der Waals surface area contributed by atoms with Crippen LogP contribution in [-0.4, -0.2) is 36.1 Å². The number of amides is 3. The van der Waals surface area contributed by atoms with E-state index in [1.807, 2.05) is 6.08 Å². The lowest BCUT2D eigenvalue weighted by Crippen LogP contribution is -2.42. The fraction of sp³-hybridized carbons (Fsp3) is 0.545. The molecule has 3 amide bonds. The quantitative estimate of drug-likeness (QED) is 0.388. The van der Waals surface area contributed by atoms with Crippen molar-refractivity contribution in [3.63, 3.8) is 0 Å². The molecule has 0 aromatic carbocycles. The number of urea groups is 1. The summed E-state index contributed by atoms with van der Waals surface area (Å²) in [6.45, 7) is 0.454. The van der Waals surface area contributed by atoms with Crippen LogP contribution in [0.15, 0.2) is 12.2 Å². The van der Waals surface area contributed by atoms with Gasteiger partial charge in [0.25, 0.3) is 0 Å². The molecule has 0 bridgehead atoms. The summed E-state index contributed by atoms with van der Waals surface area (Å²) in [5.41, 5.74) is 4.86. The highest BCUT2D eigenvalue weighted by atomic mass is 16.4. The summed E-state index contributed by atoms with van der Waals surface area (Å²) < 4.78 is 0. The number of carboxylic acids is 1. The minimum Gasteiger partial charge on any atom is -0.481 e.